The molecule has 0 amide bonds. The van der Waals surface area contributed by atoms with E-state index in [0.717, 1.165) is 12.5 Å². The number of hydrogen-bond donors (Lipinski definition) is 1. The van der Waals surface area contributed by atoms with Gasteiger partial charge in [-0.3, -0.25) is 0 Å². The van der Waals surface area contributed by atoms with E-state index in [1.807, 2.05) is 11.3 Å². The fourth-order valence-corrected chi connectivity index (χ4v) is 2.57. The van der Waals surface area contributed by atoms with Crippen LogP contribution in [-0.4, -0.2) is 11.5 Å². The smallest absolute Gasteiger partial charge is 0.0959 e. The molecule has 1 aliphatic carbocycles. The van der Waals surface area contributed by atoms with Crippen LogP contribution in [0.5, 0.6) is 0 Å². The first kappa shape index (κ1) is 10.1. The van der Waals surface area contributed by atoms with Crippen molar-refractivity contribution in [3.05, 3.63) is 16.1 Å². The highest BCUT2D eigenvalue weighted by molar-refractivity contribution is 7.09. The van der Waals surface area contributed by atoms with E-state index in [0.29, 0.717) is 6.04 Å². The van der Waals surface area contributed by atoms with Gasteiger partial charge in [-0.15, -0.1) is 11.3 Å². The van der Waals surface area contributed by atoms with Crippen LogP contribution in [-0.2, 0) is 0 Å². The van der Waals surface area contributed by atoms with Crippen molar-refractivity contribution in [2.45, 2.75) is 45.1 Å². The van der Waals surface area contributed by atoms with Crippen LogP contribution in [0.25, 0.3) is 0 Å². The minimum atomic E-state index is 0.415. The van der Waals surface area contributed by atoms with Gasteiger partial charge >= 0.3 is 0 Å². The molecule has 1 aromatic rings. The SMILES string of the molecule is CCCNC(C)c1csc(C2CC2)n1. The molecule has 0 bridgehead atoms. The molecular weight excluding hydrogens is 192 g/mol. The lowest BCUT2D eigenvalue weighted by Gasteiger charge is -2.09. The minimum absolute atomic E-state index is 0.415. The monoisotopic (exact) mass is 210 g/mol. The van der Waals surface area contributed by atoms with E-state index < -0.39 is 0 Å². The van der Waals surface area contributed by atoms with E-state index in [2.05, 4.69) is 29.5 Å². The first-order valence-electron chi connectivity index (χ1n) is 5.50. The van der Waals surface area contributed by atoms with E-state index in [9.17, 15) is 0 Å². The molecule has 0 saturated heterocycles. The molecule has 1 saturated carbocycles. The second-order valence-electron chi connectivity index (χ2n) is 4.06. The van der Waals surface area contributed by atoms with Gasteiger partial charge in [0.15, 0.2) is 0 Å². The third kappa shape index (κ3) is 2.34. The van der Waals surface area contributed by atoms with Gasteiger partial charge in [-0.1, -0.05) is 6.92 Å². The van der Waals surface area contributed by atoms with E-state index in [1.165, 1.54) is 30.0 Å². The molecule has 3 heteroatoms. The van der Waals surface area contributed by atoms with Gasteiger partial charge in [0, 0.05) is 17.3 Å². The number of rotatable bonds is 5. The summed E-state index contributed by atoms with van der Waals surface area (Å²) in [5.41, 5.74) is 1.23. The maximum absolute atomic E-state index is 4.68. The summed E-state index contributed by atoms with van der Waals surface area (Å²) in [6.45, 7) is 5.47. The maximum Gasteiger partial charge on any atom is 0.0959 e. The highest BCUT2D eigenvalue weighted by Crippen LogP contribution is 2.41. The maximum atomic E-state index is 4.68. The fraction of sp³-hybridized carbons (Fsp3) is 0.727. The molecule has 2 nitrogen and oxygen atoms in total. The zero-order valence-corrected chi connectivity index (χ0v) is 9.73. The molecular formula is C11H18N2S. The molecule has 1 aromatic heterocycles. The van der Waals surface area contributed by atoms with Crippen molar-refractivity contribution in [3.63, 3.8) is 0 Å². The number of thiazole rings is 1. The molecule has 1 atom stereocenters. The average Bonchev–Trinajstić information content (AvgIpc) is 2.93. The lowest BCUT2D eigenvalue weighted by molar-refractivity contribution is 0.560. The predicted molar refractivity (Wildman–Crippen MR) is 60.8 cm³/mol. The van der Waals surface area contributed by atoms with Crippen LogP contribution in [0.4, 0.5) is 0 Å². The normalized spacial score (nSPS) is 18.4. The molecule has 1 aliphatic rings. The summed E-state index contributed by atoms with van der Waals surface area (Å²) in [6.07, 6.45) is 3.89. The number of hydrogen-bond acceptors (Lipinski definition) is 3. The largest absolute Gasteiger partial charge is 0.309 e. The van der Waals surface area contributed by atoms with E-state index in [1.54, 1.807) is 0 Å². The Balaban J connectivity index is 1.93. The van der Waals surface area contributed by atoms with Crippen LogP contribution >= 0.6 is 11.3 Å². The van der Waals surface area contributed by atoms with Gasteiger partial charge in [-0.05, 0) is 32.7 Å². The van der Waals surface area contributed by atoms with Crippen LogP contribution in [0.15, 0.2) is 5.38 Å². The van der Waals surface area contributed by atoms with E-state index in [-0.39, 0.29) is 0 Å². The summed E-state index contributed by atoms with van der Waals surface area (Å²) < 4.78 is 0. The van der Waals surface area contributed by atoms with Gasteiger partial charge in [0.2, 0.25) is 0 Å². The molecule has 1 N–H and O–H groups in total. The highest BCUT2D eigenvalue weighted by atomic mass is 32.1. The van der Waals surface area contributed by atoms with Gasteiger partial charge in [0.25, 0.3) is 0 Å². The van der Waals surface area contributed by atoms with Gasteiger partial charge in [-0.2, -0.15) is 0 Å². The van der Waals surface area contributed by atoms with Crippen LogP contribution in [0.2, 0.25) is 0 Å². The van der Waals surface area contributed by atoms with E-state index in [4.69, 9.17) is 0 Å². The van der Waals surface area contributed by atoms with Crippen molar-refractivity contribution in [2.24, 2.45) is 0 Å². The summed E-state index contributed by atoms with van der Waals surface area (Å²) in [5, 5.41) is 7.03. The Hall–Kier alpha value is -0.410. The van der Waals surface area contributed by atoms with Crippen molar-refractivity contribution in [2.75, 3.05) is 6.54 Å². The molecule has 0 radical (unpaired) electrons. The Labute approximate surface area is 89.8 Å². The van der Waals surface area contributed by atoms with Crippen molar-refractivity contribution >= 4 is 11.3 Å². The molecule has 1 heterocycles. The van der Waals surface area contributed by atoms with Crippen LogP contribution in [0, 0.1) is 0 Å². The topological polar surface area (TPSA) is 24.9 Å². The van der Waals surface area contributed by atoms with Crippen molar-refractivity contribution in [3.8, 4) is 0 Å². The lowest BCUT2D eigenvalue weighted by atomic mass is 10.2. The Morgan fingerprint density at radius 2 is 2.43 bits per heavy atom. The third-order valence-electron chi connectivity index (χ3n) is 2.61. The van der Waals surface area contributed by atoms with Gasteiger partial charge in [0.1, 0.15) is 0 Å². The first-order valence-corrected chi connectivity index (χ1v) is 6.38. The van der Waals surface area contributed by atoms with Crippen molar-refractivity contribution in [1.82, 2.24) is 10.3 Å². The van der Waals surface area contributed by atoms with Gasteiger partial charge in [0.05, 0.1) is 10.7 Å². The zero-order valence-electron chi connectivity index (χ0n) is 8.92. The Bertz CT molecular complexity index is 291. The number of nitrogens with one attached hydrogen (secondary N) is 1. The second-order valence-corrected chi connectivity index (χ2v) is 4.95. The molecule has 78 valence electrons. The zero-order chi connectivity index (χ0) is 9.97. The minimum Gasteiger partial charge on any atom is -0.309 e. The number of aromatic nitrogens is 1. The molecule has 1 fully saturated rings. The summed E-state index contributed by atoms with van der Waals surface area (Å²) in [7, 11) is 0. The molecule has 0 aliphatic heterocycles. The Kier molecular flexibility index (Phi) is 3.19. The molecule has 0 aromatic carbocycles. The van der Waals surface area contributed by atoms with Gasteiger partial charge in [-0.25, -0.2) is 4.98 Å². The summed E-state index contributed by atoms with van der Waals surface area (Å²) in [6, 6.07) is 0.415. The molecule has 0 spiro atoms. The van der Waals surface area contributed by atoms with Gasteiger partial charge < -0.3 is 5.32 Å². The van der Waals surface area contributed by atoms with Crippen LogP contribution in [0.3, 0.4) is 0 Å². The Morgan fingerprint density at radius 3 is 3.07 bits per heavy atom. The second kappa shape index (κ2) is 4.41. The summed E-state index contributed by atoms with van der Waals surface area (Å²) in [4.78, 5) is 4.68. The van der Waals surface area contributed by atoms with Crippen molar-refractivity contribution < 1.29 is 0 Å². The summed E-state index contributed by atoms with van der Waals surface area (Å²) in [5.74, 6) is 0.798. The summed E-state index contributed by atoms with van der Waals surface area (Å²) >= 11 is 1.83. The highest BCUT2D eigenvalue weighted by Gasteiger charge is 2.27. The first-order chi connectivity index (χ1) is 6.81. The lowest BCUT2D eigenvalue weighted by Crippen LogP contribution is -2.19. The average molecular weight is 210 g/mol. The third-order valence-corrected chi connectivity index (χ3v) is 3.64. The molecule has 14 heavy (non-hydrogen) atoms. The fourth-order valence-electron chi connectivity index (χ4n) is 1.48. The van der Waals surface area contributed by atoms with Crippen molar-refractivity contribution in [1.29, 1.82) is 0 Å². The Morgan fingerprint density at radius 1 is 1.64 bits per heavy atom. The molecule has 1 unspecified atom stereocenters. The van der Waals surface area contributed by atoms with Crippen LogP contribution in [0.1, 0.15) is 55.8 Å². The molecule has 2 rings (SSSR count). The van der Waals surface area contributed by atoms with Crippen LogP contribution < -0.4 is 5.32 Å². The number of nitrogens with zero attached hydrogens (tertiary/aromatic N) is 1. The predicted octanol–water partition coefficient (Wildman–Crippen LogP) is 3.08. The standard InChI is InChI=1S/C11H18N2S/c1-3-6-12-8(2)10-7-14-11(13-10)9-4-5-9/h7-9,12H,3-6H2,1-2H3. The van der Waals surface area contributed by atoms with E-state index >= 15 is 0 Å². The quantitative estimate of drug-likeness (QED) is 0.808.